The average molecular weight is 697 g/mol. The fraction of sp³-hybridized carbons (Fsp3) is 0. The van der Waals surface area contributed by atoms with Crippen LogP contribution >= 0.6 is 11.3 Å². The standard InChI is InChI=1S/C50H32O2S/c51-47(35-23-11-3-12-24-35)45-43(33-19-7-1-8-20-33)39-31-41-42(50(38-29-17-6-18-30-38)53-49(41)37-27-15-5-16-28-37)32-40(39)44(34-21-9-2-10-22-34)46(45)48(52)36-25-13-4-14-26-36/h1-32H. The monoisotopic (exact) mass is 696 g/mol. The lowest BCUT2D eigenvalue weighted by atomic mass is 9.78. The van der Waals surface area contributed by atoms with Gasteiger partial charge in [0, 0.05) is 53.9 Å². The molecular weight excluding hydrogens is 665 g/mol. The lowest BCUT2D eigenvalue weighted by molar-refractivity contribution is 0.100. The highest BCUT2D eigenvalue weighted by Gasteiger charge is 2.31. The molecule has 0 spiro atoms. The first-order valence-corrected chi connectivity index (χ1v) is 18.5. The number of thiophene rings is 1. The van der Waals surface area contributed by atoms with Crippen molar-refractivity contribution in [3.8, 4) is 43.1 Å². The van der Waals surface area contributed by atoms with Crippen molar-refractivity contribution < 1.29 is 9.59 Å². The first kappa shape index (κ1) is 32.2. The summed E-state index contributed by atoms with van der Waals surface area (Å²) in [6.45, 7) is 0. The van der Waals surface area contributed by atoms with Crippen molar-refractivity contribution >= 4 is 44.4 Å². The molecule has 0 fully saturated rings. The van der Waals surface area contributed by atoms with Gasteiger partial charge in [0.05, 0.1) is 0 Å². The predicted molar refractivity (Wildman–Crippen MR) is 221 cm³/mol. The number of fused-ring (bicyclic) bond motifs is 2. The maximum absolute atomic E-state index is 15.2. The summed E-state index contributed by atoms with van der Waals surface area (Å²) in [5.41, 5.74) is 7.37. The second kappa shape index (κ2) is 13.8. The van der Waals surface area contributed by atoms with Crippen molar-refractivity contribution in [2.45, 2.75) is 0 Å². The SMILES string of the molecule is O=C(c1ccccc1)c1c(C(=O)c2ccccc2)c(-c2ccccc2)c2cc3c(-c4ccccc4)sc(-c4ccccc4)c3cc2c1-c1ccccc1. The molecule has 1 aromatic heterocycles. The lowest BCUT2D eigenvalue weighted by Gasteiger charge is -2.23. The second-order valence-corrected chi connectivity index (χ2v) is 14.1. The topological polar surface area (TPSA) is 34.1 Å². The maximum atomic E-state index is 15.2. The number of carbonyl (C=O) groups excluding carboxylic acids is 2. The Kier molecular flexibility index (Phi) is 8.39. The molecule has 0 aliphatic carbocycles. The first-order valence-electron chi connectivity index (χ1n) is 17.7. The van der Waals surface area contributed by atoms with Gasteiger partial charge in [0.1, 0.15) is 0 Å². The van der Waals surface area contributed by atoms with E-state index in [0.717, 1.165) is 64.7 Å². The molecular formula is C50H32O2S. The van der Waals surface area contributed by atoms with Gasteiger partial charge in [-0.3, -0.25) is 9.59 Å². The number of ketones is 2. The third-order valence-electron chi connectivity index (χ3n) is 9.86. The number of hydrogen-bond acceptors (Lipinski definition) is 3. The molecule has 0 N–H and O–H groups in total. The van der Waals surface area contributed by atoms with E-state index in [1.807, 2.05) is 133 Å². The van der Waals surface area contributed by atoms with Crippen LogP contribution in [0.1, 0.15) is 31.8 Å². The molecule has 0 radical (unpaired) electrons. The van der Waals surface area contributed by atoms with Gasteiger partial charge in [-0.25, -0.2) is 0 Å². The van der Waals surface area contributed by atoms with E-state index < -0.39 is 0 Å². The Morgan fingerprint density at radius 2 is 0.604 bits per heavy atom. The molecule has 0 atom stereocenters. The van der Waals surface area contributed by atoms with Gasteiger partial charge in [-0.15, -0.1) is 11.3 Å². The van der Waals surface area contributed by atoms with Crippen LogP contribution in [0, 0.1) is 0 Å². The van der Waals surface area contributed by atoms with Crippen molar-refractivity contribution in [3.63, 3.8) is 0 Å². The van der Waals surface area contributed by atoms with E-state index in [1.165, 1.54) is 0 Å². The van der Waals surface area contributed by atoms with Crippen LogP contribution in [0.4, 0.5) is 0 Å². The van der Waals surface area contributed by atoms with Crippen LogP contribution in [0.2, 0.25) is 0 Å². The predicted octanol–water partition coefficient (Wildman–Crippen LogP) is 13.2. The van der Waals surface area contributed by atoms with Crippen LogP contribution in [-0.2, 0) is 0 Å². The Balaban J connectivity index is 1.53. The molecule has 0 unspecified atom stereocenters. The summed E-state index contributed by atoms with van der Waals surface area (Å²) in [7, 11) is 0. The summed E-state index contributed by atoms with van der Waals surface area (Å²) < 4.78 is 0. The highest BCUT2D eigenvalue weighted by atomic mass is 32.1. The first-order chi connectivity index (χ1) is 26.2. The molecule has 0 bridgehead atoms. The molecule has 0 saturated heterocycles. The van der Waals surface area contributed by atoms with E-state index >= 15 is 9.59 Å². The van der Waals surface area contributed by atoms with Crippen LogP contribution in [-0.4, -0.2) is 11.6 Å². The van der Waals surface area contributed by atoms with Gasteiger partial charge in [0.25, 0.3) is 0 Å². The zero-order chi connectivity index (χ0) is 35.7. The third-order valence-corrected chi connectivity index (χ3v) is 11.2. The highest BCUT2D eigenvalue weighted by Crippen LogP contribution is 2.50. The second-order valence-electron chi connectivity index (χ2n) is 13.1. The van der Waals surface area contributed by atoms with E-state index in [9.17, 15) is 0 Å². The van der Waals surface area contributed by atoms with Gasteiger partial charge in [-0.05, 0) is 45.2 Å². The minimum absolute atomic E-state index is 0.193. The third kappa shape index (κ3) is 5.78. The summed E-state index contributed by atoms with van der Waals surface area (Å²) in [6.07, 6.45) is 0. The molecule has 0 saturated carbocycles. The molecule has 0 aliphatic rings. The zero-order valence-electron chi connectivity index (χ0n) is 28.7. The summed E-state index contributed by atoms with van der Waals surface area (Å²) >= 11 is 1.77. The van der Waals surface area contributed by atoms with Gasteiger partial charge < -0.3 is 0 Å². The summed E-state index contributed by atoms with van der Waals surface area (Å²) in [5.74, 6) is -0.386. The fourth-order valence-corrected chi connectivity index (χ4v) is 8.73. The van der Waals surface area contributed by atoms with Gasteiger partial charge in [0.2, 0.25) is 0 Å². The molecule has 250 valence electrons. The minimum atomic E-state index is -0.193. The lowest BCUT2D eigenvalue weighted by Crippen LogP contribution is -2.15. The van der Waals surface area contributed by atoms with E-state index in [4.69, 9.17) is 0 Å². The number of benzene rings is 8. The van der Waals surface area contributed by atoms with Crippen LogP contribution in [0.3, 0.4) is 0 Å². The average Bonchev–Trinajstić information content (AvgIpc) is 3.62. The van der Waals surface area contributed by atoms with Crippen LogP contribution in [0.15, 0.2) is 194 Å². The molecule has 9 rings (SSSR count). The van der Waals surface area contributed by atoms with Crippen LogP contribution < -0.4 is 0 Å². The van der Waals surface area contributed by atoms with Gasteiger partial charge in [-0.1, -0.05) is 182 Å². The summed E-state index contributed by atoms with van der Waals surface area (Å²) in [4.78, 5) is 32.7. The van der Waals surface area contributed by atoms with Crippen molar-refractivity contribution in [2.24, 2.45) is 0 Å². The van der Waals surface area contributed by atoms with Gasteiger partial charge in [-0.2, -0.15) is 0 Å². The quantitative estimate of drug-likeness (QED) is 0.148. The number of hydrogen-bond donors (Lipinski definition) is 0. The van der Waals surface area contributed by atoms with E-state index in [0.29, 0.717) is 22.3 Å². The molecule has 9 aromatic rings. The van der Waals surface area contributed by atoms with Crippen molar-refractivity contribution in [1.82, 2.24) is 0 Å². The van der Waals surface area contributed by atoms with Crippen molar-refractivity contribution in [2.75, 3.05) is 0 Å². The van der Waals surface area contributed by atoms with Gasteiger partial charge >= 0.3 is 0 Å². The molecule has 0 amide bonds. The Labute approximate surface area is 312 Å². The zero-order valence-corrected chi connectivity index (χ0v) is 29.5. The van der Waals surface area contributed by atoms with Crippen LogP contribution in [0.5, 0.6) is 0 Å². The molecule has 1 heterocycles. The molecule has 0 aliphatic heterocycles. The minimum Gasteiger partial charge on any atom is -0.289 e. The maximum Gasteiger partial charge on any atom is 0.194 e. The molecule has 8 aromatic carbocycles. The number of carbonyl (C=O) groups is 2. The molecule has 2 nitrogen and oxygen atoms in total. The Hall–Kier alpha value is -6.68. The van der Waals surface area contributed by atoms with Crippen molar-refractivity contribution in [3.05, 3.63) is 216 Å². The largest absolute Gasteiger partial charge is 0.289 e. The Bertz CT molecular complexity index is 2560. The Morgan fingerprint density at radius 1 is 0.321 bits per heavy atom. The molecule has 53 heavy (non-hydrogen) atoms. The van der Waals surface area contributed by atoms with Crippen molar-refractivity contribution in [1.29, 1.82) is 0 Å². The Morgan fingerprint density at radius 3 is 0.925 bits per heavy atom. The normalized spacial score (nSPS) is 11.2. The molecule has 3 heteroatoms. The fourth-order valence-electron chi connectivity index (χ4n) is 7.46. The van der Waals surface area contributed by atoms with E-state index in [1.54, 1.807) is 11.3 Å². The highest BCUT2D eigenvalue weighted by molar-refractivity contribution is 7.21. The summed E-state index contributed by atoms with van der Waals surface area (Å²) in [5, 5.41) is 4.04. The number of rotatable bonds is 8. The van der Waals surface area contributed by atoms with Gasteiger partial charge in [0.15, 0.2) is 11.6 Å². The van der Waals surface area contributed by atoms with E-state index in [2.05, 4.69) is 60.7 Å². The van der Waals surface area contributed by atoms with E-state index in [-0.39, 0.29) is 11.6 Å². The summed E-state index contributed by atoms with van der Waals surface area (Å²) in [6, 6.07) is 64.3. The smallest absolute Gasteiger partial charge is 0.194 e. The van der Waals surface area contributed by atoms with Crippen LogP contribution in [0.25, 0.3) is 64.7 Å².